The van der Waals surface area contributed by atoms with Crippen molar-refractivity contribution in [1.29, 1.82) is 0 Å². The molecule has 0 fully saturated rings. The van der Waals surface area contributed by atoms with Crippen LogP contribution in [0.15, 0.2) is 48.5 Å². The highest BCUT2D eigenvalue weighted by molar-refractivity contribution is 7.71. The van der Waals surface area contributed by atoms with Crippen LogP contribution in [0.5, 0.6) is 5.75 Å². The predicted octanol–water partition coefficient (Wildman–Crippen LogP) is 3.96. The van der Waals surface area contributed by atoms with Gasteiger partial charge in [-0.2, -0.15) is 5.10 Å². The second-order valence-electron chi connectivity index (χ2n) is 6.71. The van der Waals surface area contributed by atoms with Gasteiger partial charge in [-0.05, 0) is 55.4 Å². The monoisotopic (exact) mass is 411 g/mol. The number of rotatable bonds is 9. The fraction of sp³-hybridized carbons (Fsp3) is 0.286. The average molecular weight is 412 g/mol. The fourth-order valence-electron chi connectivity index (χ4n) is 2.74. The Morgan fingerprint density at radius 2 is 1.90 bits per heavy atom. The van der Waals surface area contributed by atoms with E-state index >= 15 is 0 Å². The van der Waals surface area contributed by atoms with Crippen molar-refractivity contribution >= 4 is 23.8 Å². The molecule has 0 saturated heterocycles. The predicted molar refractivity (Wildman–Crippen MR) is 116 cm³/mol. The maximum absolute atomic E-state index is 12.0. The molecular weight excluding hydrogens is 386 g/mol. The number of aromatic amines is 1. The second kappa shape index (κ2) is 9.88. The highest BCUT2D eigenvalue weighted by Crippen LogP contribution is 2.13. The van der Waals surface area contributed by atoms with Gasteiger partial charge in [-0.1, -0.05) is 36.8 Å². The lowest BCUT2D eigenvalue weighted by atomic mass is 10.2. The van der Waals surface area contributed by atoms with Gasteiger partial charge in [0.15, 0.2) is 12.4 Å². The number of carbonyl (C=O) groups is 1. The number of nitrogens with zero attached hydrogens (tertiary/aromatic N) is 2. The number of anilines is 1. The number of aromatic nitrogens is 3. The van der Waals surface area contributed by atoms with Crippen LogP contribution in [-0.4, -0.2) is 27.4 Å². The van der Waals surface area contributed by atoms with E-state index in [0.29, 0.717) is 17.1 Å². The van der Waals surface area contributed by atoms with Crippen molar-refractivity contribution in [2.45, 2.75) is 33.2 Å². The Bertz CT molecular complexity index is 993. The largest absolute Gasteiger partial charge is 0.484 e. The molecular formula is C21H25N5O2S. The van der Waals surface area contributed by atoms with E-state index in [1.807, 2.05) is 55.5 Å². The number of ether oxygens (including phenoxy) is 1. The van der Waals surface area contributed by atoms with Crippen LogP contribution >= 0.6 is 12.2 Å². The molecule has 3 aromatic rings. The molecule has 1 heterocycles. The lowest BCUT2D eigenvalue weighted by Crippen LogP contribution is -2.20. The quantitative estimate of drug-likeness (QED) is 0.464. The number of hydrogen-bond acceptors (Lipinski definition) is 5. The summed E-state index contributed by atoms with van der Waals surface area (Å²) in [4.78, 5) is 12.0. The Labute approximate surface area is 175 Å². The summed E-state index contributed by atoms with van der Waals surface area (Å²) in [5, 5.41) is 9.85. The summed E-state index contributed by atoms with van der Waals surface area (Å²) < 4.78 is 7.92. The first-order valence-electron chi connectivity index (χ1n) is 9.53. The zero-order chi connectivity index (χ0) is 20.6. The van der Waals surface area contributed by atoms with Crippen molar-refractivity contribution < 1.29 is 9.53 Å². The van der Waals surface area contributed by atoms with Crippen LogP contribution in [0.3, 0.4) is 0 Å². The first kappa shape index (κ1) is 20.6. The van der Waals surface area contributed by atoms with E-state index in [1.165, 1.54) is 0 Å². The highest BCUT2D eigenvalue weighted by Gasteiger charge is 2.06. The molecule has 3 rings (SSSR count). The first-order valence-corrected chi connectivity index (χ1v) is 9.94. The summed E-state index contributed by atoms with van der Waals surface area (Å²) >= 11 is 5.26. The molecule has 0 spiro atoms. The molecule has 1 amide bonds. The van der Waals surface area contributed by atoms with E-state index in [-0.39, 0.29) is 12.5 Å². The second-order valence-corrected chi connectivity index (χ2v) is 7.10. The average Bonchev–Trinajstić information content (AvgIpc) is 3.07. The minimum absolute atomic E-state index is 0.0456. The SMILES string of the molecule is CCCc1n[nH]c(=S)n1NCc1ccc(OCC(=O)Nc2ccc(C)cc2)cc1. The van der Waals surface area contributed by atoms with E-state index in [9.17, 15) is 4.79 Å². The Hall–Kier alpha value is -3.13. The zero-order valence-electron chi connectivity index (χ0n) is 16.6. The van der Waals surface area contributed by atoms with E-state index in [1.54, 1.807) is 4.68 Å². The zero-order valence-corrected chi connectivity index (χ0v) is 17.4. The van der Waals surface area contributed by atoms with Gasteiger partial charge in [0.1, 0.15) is 5.75 Å². The summed E-state index contributed by atoms with van der Waals surface area (Å²) in [5.74, 6) is 1.33. The van der Waals surface area contributed by atoms with Crippen molar-refractivity contribution in [3.05, 3.63) is 70.3 Å². The molecule has 0 aliphatic carbocycles. The van der Waals surface area contributed by atoms with Gasteiger partial charge in [0.25, 0.3) is 5.91 Å². The van der Waals surface area contributed by atoms with E-state index in [0.717, 1.165) is 35.5 Å². The number of amides is 1. The topological polar surface area (TPSA) is 84.0 Å². The number of benzene rings is 2. The van der Waals surface area contributed by atoms with Gasteiger partial charge in [-0.15, -0.1) is 0 Å². The number of aryl methyl sites for hydroxylation is 2. The molecule has 0 unspecified atom stereocenters. The number of carbonyl (C=O) groups excluding carboxylic acids is 1. The molecule has 0 aliphatic heterocycles. The minimum Gasteiger partial charge on any atom is -0.484 e. The summed E-state index contributed by atoms with van der Waals surface area (Å²) in [7, 11) is 0. The molecule has 0 bridgehead atoms. The van der Waals surface area contributed by atoms with Crippen LogP contribution < -0.4 is 15.5 Å². The maximum atomic E-state index is 12.0. The molecule has 1 aromatic heterocycles. The van der Waals surface area contributed by atoms with Crippen molar-refractivity contribution in [2.24, 2.45) is 0 Å². The molecule has 0 radical (unpaired) electrons. The van der Waals surface area contributed by atoms with E-state index in [4.69, 9.17) is 17.0 Å². The molecule has 2 aromatic carbocycles. The van der Waals surface area contributed by atoms with Gasteiger partial charge in [0.2, 0.25) is 4.77 Å². The van der Waals surface area contributed by atoms with E-state index in [2.05, 4.69) is 27.9 Å². The van der Waals surface area contributed by atoms with Crippen molar-refractivity contribution in [3.8, 4) is 5.75 Å². The highest BCUT2D eigenvalue weighted by atomic mass is 32.1. The molecule has 8 heteroatoms. The van der Waals surface area contributed by atoms with E-state index < -0.39 is 0 Å². The Morgan fingerprint density at radius 1 is 1.17 bits per heavy atom. The summed E-state index contributed by atoms with van der Waals surface area (Å²) in [5.41, 5.74) is 6.24. The van der Waals surface area contributed by atoms with Crippen LogP contribution in [0.2, 0.25) is 0 Å². The van der Waals surface area contributed by atoms with Gasteiger partial charge >= 0.3 is 0 Å². The standard InChI is InChI=1S/C21H25N5O2S/c1-3-4-19-24-25-21(29)26(19)22-13-16-7-11-18(12-8-16)28-14-20(27)23-17-9-5-15(2)6-10-17/h5-12,22H,3-4,13-14H2,1-2H3,(H,23,27)(H,25,29). The number of nitrogens with one attached hydrogen (secondary N) is 3. The van der Waals surface area contributed by atoms with Gasteiger partial charge < -0.3 is 15.5 Å². The third-order valence-electron chi connectivity index (χ3n) is 4.29. The van der Waals surface area contributed by atoms with Gasteiger partial charge in [-0.25, -0.2) is 4.68 Å². The first-order chi connectivity index (χ1) is 14.0. The lowest BCUT2D eigenvalue weighted by Gasteiger charge is -2.11. The Morgan fingerprint density at radius 3 is 2.59 bits per heavy atom. The minimum atomic E-state index is -0.197. The van der Waals surface area contributed by atoms with Gasteiger partial charge in [0.05, 0.1) is 6.54 Å². The van der Waals surface area contributed by atoms with Crippen LogP contribution in [0, 0.1) is 11.7 Å². The third kappa shape index (κ3) is 5.92. The normalized spacial score (nSPS) is 10.6. The summed E-state index contributed by atoms with van der Waals surface area (Å²) in [6.07, 6.45) is 1.84. The smallest absolute Gasteiger partial charge is 0.262 e. The van der Waals surface area contributed by atoms with Gasteiger partial charge in [-0.3, -0.25) is 9.89 Å². The lowest BCUT2D eigenvalue weighted by molar-refractivity contribution is -0.118. The van der Waals surface area contributed by atoms with Crippen molar-refractivity contribution in [3.63, 3.8) is 0 Å². The van der Waals surface area contributed by atoms with Crippen LogP contribution in [-0.2, 0) is 17.8 Å². The molecule has 0 aliphatic rings. The molecule has 29 heavy (non-hydrogen) atoms. The Kier molecular flexibility index (Phi) is 7.02. The van der Waals surface area contributed by atoms with Crippen LogP contribution in [0.1, 0.15) is 30.3 Å². The third-order valence-corrected chi connectivity index (χ3v) is 4.56. The maximum Gasteiger partial charge on any atom is 0.262 e. The molecule has 7 nitrogen and oxygen atoms in total. The fourth-order valence-corrected chi connectivity index (χ4v) is 2.96. The summed E-state index contributed by atoms with van der Waals surface area (Å²) in [6, 6.07) is 15.2. The number of H-pyrrole nitrogens is 1. The van der Waals surface area contributed by atoms with Crippen LogP contribution in [0.25, 0.3) is 0 Å². The van der Waals surface area contributed by atoms with Gasteiger partial charge in [0, 0.05) is 12.1 Å². The van der Waals surface area contributed by atoms with Crippen molar-refractivity contribution in [1.82, 2.24) is 14.9 Å². The molecule has 0 saturated carbocycles. The molecule has 3 N–H and O–H groups in total. The van der Waals surface area contributed by atoms with Crippen LogP contribution in [0.4, 0.5) is 5.69 Å². The number of hydrogen-bond donors (Lipinski definition) is 3. The summed E-state index contributed by atoms with van der Waals surface area (Å²) in [6.45, 7) is 4.65. The van der Waals surface area contributed by atoms with Crippen molar-refractivity contribution in [2.75, 3.05) is 17.3 Å². The Balaban J connectivity index is 1.48. The molecule has 152 valence electrons. The molecule has 0 atom stereocenters.